The fourth-order valence-electron chi connectivity index (χ4n) is 3.10. The van der Waals surface area contributed by atoms with Gasteiger partial charge in [0.25, 0.3) is 0 Å². The lowest BCUT2D eigenvalue weighted by Gasteiger charge is -2.12. The number of aromatic nitrogens is 2. The highest BCUT2D eigenvalue weighted by atomic mass is 35.5. The Morgan fingerprint density at radius 1 is 1.55 bits per heavy atom. The minimum absolute atomic E-state index is 0.0795. The molecule has 1 N–H and O–H groups in total. The van der Waals surface area contributed by atoms with Gasteiger partial charge in [0.2, 0.25) is 0 Å². The first-order valence-corrected chi connectivity index (χ1v) is 7.61. The van der Waals surface area contributed by atoms with E-state index in [4.69, 9.17) is 28.9 Å². The van der Waals surface area contributed by atoms with Crippen LogP contribution in [0.2, 0.25) is 5.02 Å². The maximum atomic E-state index is 14.0. The molecule has 0 radical (unpaired) electrons. The molecule has 0 spiro atoms. The van der Waals surface area contributed by atoms with Gasteiger partial charge in [-0.1, -0.05) is 11.6 Å². The molecule has 0 saturated carbocycles. The molecule has 3 rings (SSSR count). The Bertz CT molecular complexity index is 828. The molecule has 0 aliphatic carbocycles. The van der Waals surface area contributed by atoms with E-state index in [1.807, 2.05) is 4.57 Å². The zero-order valence-corrected chi connectivity index (χ0v) is 13.4. The van der Waals surface area contributed by atoms with Crippen molar-refractivity contribution in [2.45, 2.75) is 25.3 Å². The van der Waals surface area contributed by atoms with E-state index >= 15 is 0 Å². The number of benzene rings is 1. The largest absolute Gasteiger partial charge is 0.481 e. The van der Waals surface area contributed by atoms with Crippen molar-refractivity contribution in [3.05, 3.63) is 50.8 Å². The minimum atomic E-state index is -0.906. The second-order valence-corrected chi connectivity index (χ2v) is 6.28. The lowest BCUT2D eigenvalue weighted by molar-refractivity contribution is -0.136. The molecule has 1 atom stereocenters. The van der Waals surface area contributed by atoms with Crippen LogP contribution in [-0.4, -0.2) is 20.2 Å². The molecular formula is C15H14ClFN2O2S. The minimum Gasteiger partial charge on any atom is -0.481 e. The second kappa shape index (κ2) is 5.52. The van der Waals surface area contributed by atoms with Crippen LogP contribution in [0.15, 0.2) is 18.2 Å². The maximum absolute atomic E-state index is 14.0. The highest BCUT2D eigenvalue weighted by molar-refractivity contribution is 7.71. The molecule has 1 aliphatic rings. The molecule has 0 fully saturated rings. The Balaban J connectivity index is 2.01. The van der Waals surface area contributed by atoms with Crippen LogP contribution < -0.4 is 0 Å². The summed E-state index contributed by atoms with van der Waals surface area (Å²) in [6.07, 6.45) is 0.470. The number of hydrogen-bond donors (Lipinski definition) is 1. The third-order valence-corrected chi connectivity index (χ3v) is 4.87. The van der Waals surface area contributed by atoms with E-state index in [1.165, 1.54) is 12.1 Å². The van der Waals surface area contributed by atoms with Gasteiger partial charge in [-0.3, -0.25) is 4.79 Å². The Morgan fingerprint density at radius 3 is 2.95 bits per heavy atom. The first kappa shape index (κ1) is 15.2. The van der Waals surface area contributed by atoms with Crippen LogP contribution >= 0.6 is 23.8 Å². The molecule has 0 saturated heterocycles. The summed E-state index contributed by atoms with van der Waals surface area (Å²) >= 11 is 11.3. The van der Waals surface area contributed by atoms with Crippen LogP contribution in [0, 0.1) is 10.6 Å². The number of nitrogens with zero attached hydrogens (tertiary/aromatic N) is 2. The van der Waals surface area contributed by atoms with E-state index in [0.29, 0.717) is 34.0 Å². The molecule has 2 aromatic rings. The first-order chi connectivity index (χ1) is 10.4. The SMILES string of the molecule is Cn1c(CC(=O)O)c2n(c1=S)C[C@H](c1cc(Cl)ccc1F)C2. The van der Waals surface area contributed by atoms with Crippen LogP contribution in [0.25, 0.3) is 0 Å². The van der Waals surface area contributed by atoms with E-state index < -0.39 is 5.97 Å². The molecule has 0 bridgehead atoms. The van der Waals surface area contributed by atoms with Gasteiger partial charge >= 0.3 is 5.97 Å². The van der Waals surface area contributed by atoms with Crippen molar-refractivity contribution in [2.75, 3.05) is 0 Å². The van der Waals surface area contributed by atoms with Gasteiger partial charge in [0.05, 0.1) is 12.1 Å². The lowest BCUT2D eigenvalue weighted by Crippen LogP contribution is -2.09. The average Bonchev–Trinajstić information content (AvgIpc) is 2.97. The van der Waals surface area contributed by atoms with E-state index in [2.05, 4.69) is 0 Å². The molecule has 1 aromatic heterocycles. The normalized spacial score (nSPS) is 16.8. The van der Waals surface area contributed by atoms with Crippen molar-refractivity contribution in [3.63, 3.8) is 0 Å². The molecule has 0 unspecified atom stereocenters. The predicted octanol–water partition coefficient (Wildman–Crippen LogP) is 3.32. The van der Waals surface area contributed by atoms with Crippen molar-refractivity contribution >= 4 is 29.8 Å². The summed E-state index contributed by atoms with van der Waals surface area (Å²) in [5, 5.41) is 9.55. The van der Waals surface area contributed by atoms with Crippen LogP contribution in [0.3, 0.4) is 0 Å². The summed E-state index contributed by atoms with van der Waals surface area (Å²) in [6.45, 7) is 0.541. The summed E-state index contributed by atoms with van der Waals surface area (Å²) < 4.78 is 18.2. The van der Waals surface area contributed by atoms with Crippen molar-refractivity contribution in [1.29, 1.82) is 0 Å². The van der Waals surface area contributed by atoms with E-state index in [9.17, 15) is 9.18 Å². The number of aliphatic carboxylic acids is 1. The Hall–Kier alpha value is -1.66. The van der Waals surface area contributed by atoms with E-state index in [0.717, 1.165) is 5.69 Å². The van der Waals surface area contributed by atoms with Crippen molar-refractivity contribution in [3.8, 4) is 0 Å². The molecule has 1 aliphatic heterocycles. The molecule has 7 heteroatoms. The Morgan fingerprint density at radius 2 is 2.27 bits per heavy atom. The van der Waals surface area contributed by atoms with Gasteiger partial charge < -0.3 is 14.2 Å². The molecule has 2 heterocycles. The maximum Gasteiger partial charge on any atom is 0.309 e. The lowest BCUT2D eigenvalue weighted by atomic mass is 9.95. The predicted molar refractivity (Wildman–Crippen MR) is 83.4 cm³/mol. The summed E-state index contributed by atoms with van der Waals surface area (Å²) in [5.74, 6) is -1.28. The molecule has 0 amide bonds. The molecular weight excluding hydrogens is 327 g/mol. The fourth-order valence-corrected chi connectivity index (χ4v) is 3.57. The summed E-state index contributed by atoms with van der Waals surface area (Å²) in [5.41, 5.74) is 2.11. The topological polar surface area (TPSA) is 47.2 Å². The van der Waals surface area contributed by atoms with Gasteiger partial charge in [0, 0.05) is 30.2 Å². The van der Waals surface area contributed by atoms with Crippen LogP contribution in [0.5, 0.6) is 0 Å². The van der Waals surface area contributed by atoms with Gasteiger partial charge in [0.15, 0.2) is 4.77 Å². The van der Waals surface area contributed by atoms with Gasteiger partial charge in [-0.25, -0.2) is 4.39 Å². The van der Waals surface area contributed by atoms with Crippen molar-refractivity contribution < 1.29 is 14.3 Å². The van der Waals surface area contributed by atoms with Crippen molar-refractivity contribution in [2.24, 2.45) is 7.05 Å². The van der Waals surface area contributed by atoms with E-state index in [-0.39, 0.29) is 18.2 Å². The van der Waals surface area contributed by atoms with Crippen LogP contribution in [0.4, 0.5) is 4.39 Å². The number of imidazole rings is 1. The number of halogens is 2. The van der Waals surface area contributed by atoms with Crippen LogP contribution in [0.1, 0.15) is 22.9 Å². The third-order valence-electron chi connectivity index (χ3n) is 4.14. The molecule has 1 aromatic carbocycles. The summed E-state index contributed by atoms with van der Waals surface area (Å²) in [6, 6.07) is 4.51. The third kappa shape index (κ3) is 2.46. The standard InChI is InChI=1S/C15H14ClFN2O2S/c1-18-12(6-14(20)21)13-4-8(7-19(13)15(18)22)10-5-9(16)2-3-11(10)17/h2-3,5,8H,4,6-7H2,1H3,(H,20,21)/t8-/m1/s1. The number of rotatable bonds is 3. The first-order valence-electron chi connectivity index (χ1n) is 6.82. The number of carboxylic acids is 1. The van der Waals surface area contributed by atoms with E-state index in [1.54, 1.807) is 17.7 Å². The summed E-state index contributed by atoms with van der Waals surface area (Å²) in [4.78, 5) is 11.0. The highest BCUT2D eigenvalue weighted by Crippen LogP contribution is 2.35. The number of hydrogen-bond acceptors (Lipinski definition) is 2. The molecule has 4 nitrogen and oxygen atoms in total. The Labute approximate surface area is 136 Å². The monoisotopic (exact) mass is 340 g/mol. The summed E-state index contributed by atoms with van der Waals surface area (Å²) in [7, 11) is 1.76. The Kier molecular flexibility index (Phi) is 3.82. The van der Waals surface area contributed by atoms with Gasteiger partial charge in [-0.15, -0.1) is 0 Å². The van der Waals surface area contributed by atoms with Gasteiger partial charge in [-0.2, -0.15) is 0 Å². The number of fused-ring (bicyclic) bond motifs is 1. The smallest absolute Gasteiger partial charge is 0.309 e. The van der Waals surface area contributed by atoms with Gasteiger partial charge in [0.1, 0.15) is 5.82 Å². The quantitative estimate of drug-likeness (QED) is 0.872. The van der Waals surface area contributed by atoms with Crippen LogP contribution in [-0.2, 0) is 31.2 Å². The highest BCUT2D eigenvalue weighted by Gasteiger charge is 2.30. The average molecular weight is 341 g/mol. The zero-order valence-electron chi connectivity index (χ0n) is 11.8. The van der Waals surface area contributed by atoms with Crippen molar-refractivity contribution in [1.82, 2.24) is 9.13 Å². The molecule has 22 heavy (non-hydrogen) atoms. The van der Waals surface area contributed by atoms with Gasteiger partial charge in [-0.05, 0) is 42.4 Å². The number of carbonyl (C=O) groups is 1. The molecule has 116 valence electrons. The number of carboxylic acid groups (broad SMARTS) is 1. The zero-order chi connectivity index (χ0) is 16.0. The second-order valence-electron chi connectivity index (χ2n) is 5.48. The fraction of sp³-hybridized carbons (Fsp3) is 0.333.